The molecule has 3 N–H and O–H groups in total. The Morgan fingerprint density at radius 2 is 1.92 bits per heavy atom. The number of nitrogens with two attached hydrogens (primary N) is 1. The highest BCUT2D eigenvalue weighted by Gasteiger charge is 2.52. The lowest BCUT2D eigenvalue weighted by Crippen LogP contribution is -2.35. The molecule has 0 aromatic carbocycles. The van der Waals surface area contributed by atoms with Crippen molar-refractivity contribution in [3.05, 3.63) is 0 Å². The third-order valence-electron chi connectivity index (χ3n) is 2.48. The molecule has 0 amide bonds. The molecule has 1 heterocycles. The predicted octanol–water partition coefficient (Wildman–Crippen LogP) is -0.402. The highest BCUT2D eigenvalue weighted by Crippen LogP contribution is 2.37. The van der Waals surface area contributed by atoms with Crippen molar-refractivity contribution in [3.8, 4) is 0 Å². The second-order valence-electron chi connectivity index (χ2n) is 4.03. The second-order valence-corrected chi connectivity index (χ2v) is 4.03. The van der Waals surface area contributed by atoms with Gasteiger partial charge in [0, 0.05) is 6.04 Å². The third kappa shape index (κ3) is 1.15. The molecule has 70 valence electrons. The topological polar surface area (TPSA) is 64.7 Å². The zero-order valence-corrected chi connectivity index (χ0v) is 7.36. The maximum atomic E-state index is 9.52. The summed E-state index contributed by atoms with van der Waals surface area (Å²) in [4.78, 5) is 0. The van der Waals surface area contributed by atoms with Crippen LogP contribution < -0.4 is 5.73 Å². The maximum Gasteiger partial charge on any atom is 0.163 e. The van der Waals surface area contributed by atoms with Gasteiger partial charge in [-0.2, -0.15) is 0 Å². The molecule has 1 saturated carbocycles. The minimum Gasteiger partial charge on any atom is -0.390 e. The lowest BCUT2D eigenvalue weighted by atomic mass is 10.2. The Morgan fingerprint density at radius 3 is 2.50 bits per heavy atom. The monoisotopic (exact) mass is 173 g/mol. The maximum absolute atomic E-state index is 9.52. The number of aliphatic hydroxyl groups is 1. The van der Waals surface area contributed by atoms with Crippen molar-refractivity contribution in [2.45, 2.75) is 50.4 Å². The Kier molecular flexibility index (Phi) is 1.70. The largest absolute Gasteiger partial charge is 0.390 e. The zero-order valence-electron chi connectivity index (χ0n) is 7.36. The van der Waals surface area contributed by atoms with Gasteiger partial charge in [0.15, 0.2) is 5.79 Å². The molecule has 0 bridgehead atoms. The first-order valence-electron chi connectivity index (χ1n) is 4.29. The summed E-state index contributed by atoms with van der Waals surface area (Å²) in [6.07, 6.45) is -0.248. The number of hydrogen-bond acceptors (Lipinski definition) is 4. The molecule has 12 heavy (non-hydrogen) atoms. The van der Waals surface area contributed by atoms with Crippen molar-refractivity contribution in [2.75, 3.05) is 0 Å². The first-order valence-corrected chi connectivity index (χ1v) is 4.29. The van der Waals surface area contributed by atoms with Gasteiger partial charge >= 0.3 is 0 Å². The molecule has 4 heteroatoms. The van der Waals surface area contributed by atoms with E-state index in [1.54, 1.807) is 0 Å². The SMILES string of the molecule is CC1(C)OC2[C@H](N)C[C@H](O)[C@H]2O1. The molecular formula is C8H15NO3. The molecule has 0 radical (unpaired) electrons. The van der Waals surface area contributed by atoms with Crippen molar-refractivity contribution in [1.29, 1.82) is 0 Å². The van der Waals surface area contributed by atoms with Gasteiger partial charge in [0.05, 0.1) is 6.10 Å². The van der Waals surface area contributed by atoms with E-state index < -0.39 is 11.9 Å². The molecule has 2 fully saturated rings. The van der Waals surface area contributed by atoms with Gasteiger partial charge in [-0.3, -0.25) is 0 Å². The summed E-state index contributed by atoms with van der Waals surface area (Å²) in [7, 11) is 0. The normalized spacial score (nSPS) is 51.0. The number of hydrogen-bond donors (Lipinski definition) is 2. The highest BCUT2D eigenvalue weighted by atomic mass is 16.8. The summed E-state index contributed by atoms with van der Waals surface area (Å²) in [6.45, 7) is 3.68. The van der Waals surface area contributed by atoms with E-state index in [4.69, 9.17) is 15.2 Å². The predicted molar refractivity (Wildman–Crippen MR) is 42.4 cm³/mol. The lowest BCUT2D eigenvalue weighted by Gasteiger charge is -2.20. The van der Waals surface area contributed by atoms with Crippen LogP contribution in [0, 0.1) is 0 Å². The van der Waals surface area contributed by atoms with Gasteiger partial charge in [-0.05, 0) is 20.3 Å². The van der Waals surface area contributed by atoms with Crippen molar-refractivity contribution in [1.82, 2.24) is 0 Å². The molecule has 1 aliphatic carbocycles. The average Bonchev–Trinajstić information content (AvgIpc) is 2.34. The summed E-state index contributed by atoms with van der Waals surface area (Å²) >= 11 is 0. The van der Waals surface area contributed by atoms with Crippen LogP contribution in [0.3, 0.4) is 0 Å². The number of ether oxygens (including phenoxy) is 2. The van der Waals surface area contributed by atoms with Gasteiger partial charge in [0.2, 0.25) is 0 Å². The van der Waals surface area contributed by atoms with Gasteiger partial charge in [-0.15, -0.1) is 0 Å². The Morgan fingerprint density at radius 1 is 1.33 bits per heavy atom. The molecule has 2 aliphatic rings. The molecule has 1 saturated heterocycles. The van der Waals surface area contributed by atoms with Crippen molar-refractivity contribution < 1.29 is 14.6 Å². The van der Waals surface area contributed by atoms with Crippen LogP contribution in [-0.2, 0) is 9.47 Å². The first-order chi connectivity index (χ1) is 5.49. The van der Waals surface area contributed by atoms with Crippen LogP contribution in [0.1, 0.15) is 20.3 Å². The average molecular weight is 173 g/mol. The van der Waals surface area contributed by atoms with Crippen molar-refractivity contribution in [3.63, 3.8) is 0 Å². The highest BCUT2D eigenvalue weighted by molar-refractivity contribution is 5.00. The zero-order chi connectivity index (χ0) is 8.93. The number of aliphatic hydroxyl groups excluding tert-OH is 1. The van der Waals surface area contributed by atoms with Gasteiger partial charge in [-0.1, -0.05) is 0 Å². The van der Waals surface area contributed by atoms with E-state index in [-0.39, 0.29) is 18.2 Å². The third-order valence-corrected chi connectivity index (χ3v) is 2.48. The van der Waals surface area contributed by atoms with E-state index in [0.717, 1.165) is 0 Å². The van der Waals surface area contributed by atoms with Gasteiger partial charge in [-0.25, -0.2) is 0 Å². The second kappa shape index (κ2) is 2.42. The Balaban J connectivity index is 2.15. The molecule has 2 rings (SSSR count). The fourth-order valence-corrected chi connectivity index (χ4v) is 1.99. The molecule has 0 spiro atoms. The van der Waals surface area contributed by atoms with Crippen molar-refractivity contribution in [2.24, 2.45) is 5.73 Å². The van der Waals surface area contributed by atoms with Crippen LogP contribution >= 0.6 is 0 Å². The van der Waals surface area contributed by atoms with Crippen LogP contribution in [0.4, 0.5) is 0 Å². The Labute approximate surface area is 71.6 Å². The van der Waals surface area contributed by atoms with E-state index in [1.165, 1.54) is 0 Å². The van der Waals surface area contributed by atoms with Gasteiger partial charge in [0.25, 0.3) is 0 Å². The molecule has 1 aliphatic heterocycles. The molecular weight excluding hydrogens is 158 g/mol. The Hall–Kier alpha value is -0.160. The number of rotatable bonds is 0. The van der Waals surface area contributed by atoms with E-state index >= 15 is 0 Å². The van der Waals surface area contributed by atoms with Crippen molar-refractivity contribution >= 4 is 0 Å². The molecule has 1 unspecified atom stereocenters. The molecule has 4 atom stereocenters. The van der Waals surface area contributed by atoms with Crippen LogP contribution in [0.15, 0.2) is 0 Å². The van der Waals surface area contributed by atoms with Gasteiger partial charge in [0.1, 0.15) is 12.2 Å². The fraction of sp³-hybridized carbons (Fsp3) is 1.00. The van der Waals surface area contributed by atoms with E-state index in [9.17, 15) is 5.11 Å². The molecule has 4 nitrogen and oxygen atoms in total. The van der Waals surface area contributed by atoms with E-state index in [1.807, 2.05) is 13.8 Å². The van der Waals surface area contributed by atoms with Gasteiger partial charge < -0.3 is 20.3 Å². The summed E-state index contributed by atoms with van der Waals surface area (Å²) in [6, 6.07) is -0.0909. The summed E-state index contributed by atoms with van der Waals surface area (Å²) in [5, 5.41) is 9.52. The number of fused-ring (bicyclic) bond motifs is 1. The van der Waals surface area contributed by atoms with Crippen LogP contribution in [0.2, 0.25) is 0 Å². The Bertz CT molecular complexity index is 177. The van der Waals surface area contributed by atoms with E-state index in [2.05, 4.69) is 0 Å². The minimum absolute atomic E-state index is 0.0909. The standard InChI is InChI=1S/C8H15NO3/c1-8(2)11-6-4(9)3-5(10)7(6)12-8/h4-7,10H,3,9H2,1-2H3/t4-,5+,6?,7-/m1/s1. The molecule has 0 aromatic rings. The van der Waals surface area contributed by atoms with Crippen LogP contribution in [0.25, 0.3) is 0 Å². The summed E-state index contributed by atoms with van der Waals surface area (Å²) in [5.41, 5.74) is 5.77. The minimum atomic E-state index is -0.589. The van der Waals surface area contributed by atoms with Crippen LogP contribution in [0.5, 0.6) is 0 Å². The lowest BCUT2D eigenvalue weighted by molar-refractivity contribution is -0.163. The quantitative estimate of drug-likeness (QED) is 0.523. The summed E-state index contributed by atoms with van der Waals surface area (Å²) in [5.74, 6) is -0.589. The summed E-state index contributed by atoms with van der Waals surface area (Å²) < 4.78 is 11.1. The molecule has 0 aromatic heterocycles. The smallest absolute Gasteiger partial charge is 0.163 e. The fourth-order valence-electron chi connectivity index (χ4n) is 1.99. The first kappa shape index (κ1) is 8.44. The van der Waals surface area contributed by atoms with Crippen LogP contribution in [-0.4, -0.2) is 35.2 Å². The van der Waals surface area contributed by atoms with E-state index in [0.29, 0.717) is 6.42 Å².